The number of halogens is 1. The summed E-state index contributed by atoms with van der Waals surface area (Å²) < 4.78 is 13.7. The second-order valence-electron chi connectivity index (χ2n) is 8.39. The first-order valence-corrected chi connectivity index (χ1v) is 13.0. The molecule has 3 aromatic carbocycles. The van der Waals surface area contributed by atoms with Crippen molar-refractivity contribution in [1.82, 2.24) is 10.2 Å². The second-order valence-corrected chi connectivity index (χ2v) is 10.6. The van der Waals surface area contributed by atoms with Crippen molar-refractivity contribution < 1.29 is 24.2 Å². The van der Waals surface area contributed by atoms with Crippen LogP contribution >= 0.6 is 23.1 Å². The van der Waals surface area contributed by atoms with Gasteiger partial charge in [0.2, 0.25) is 5.13 Å². The highest BCUT2D eigenvalue weighted by atomic mass is 32.2. The van der Waals surface area contributed by atoms with E-state index in [1.54, 1.807) is 48.5 Å². The lowest BCUT2D eigenvalue weighted by atomic mass is 9.95. The fourth-order valence-corrected chi connectivity index (χ4v) is 5.78. The van der Waals surface area contributed by atoms with Crippen LogP contribution in [-0.4, -0.2) is 32.1 Å². The third-order valence-corrected chi connectivity index (χ3v) is 7.98. The molecule has 7 nitrogen and oxygen atoms in total. The Balaban J connectivity index is 1.53. The molecule has 1 amide bonds. The number of aromatic hydroxyl groups is 1. The van der Waals surface area contributed by atoms with E-state index in [2.05, 4.69) is 10.2 Å². The molecular weight excluding hydrogens is 513 g/mol. The Hall–Kier alpha value is -4.02. The molecule has 4 aromatic rings. The third-order valence-electron chi connectivity index (χ3n) is 5.86. The lowest BCUT2D eigenvalue weighted by molar-refractivity contribution is -0.132. The van der Waals surface area contributed by atoms with Crippen molar-refractivity contribution in [1.29, 1.82) is 0 Å². The lowest BCUT2D eigenvalue weighted by Crippen LogP contribution is -2.29. The van der Waals surface area contributed by atoms with Gasteiger partial charge in [-0.25, -0.2) is 4.39 Å². The molecule has 2 N–H and O–H groups in total. The van der Waals surface area contributed by atoms with Crippen LogP contribution in [0.4, 0.5) is 9.52 Å². The minimum atomic E-state index is -0.968. The number of aromatic nitrogens is 2. The fourth-order valence-electron chi connectivity index (χ4n) is 3.95. The van der Waals surface area contributed by atoms with Crippen LogP contribution in [0.2, 0.25) is 0 Å². The zero-order valence-electron chi connectivity index (χ0n) is 19.5. The number of ketones is 1. The standard InChI is InChI=1S/C27H20FN3O4S2/c1-15-2-6-18(7-3-15)23(33)21-22(17-8-12-20(32)13-9-17)31(25(35)24(21)34)26-29-30-27(37-26)36-14-16-4-10-19(28)11-5-16/h2-13,22,32-33H,14H2,1H3/b23-21-. The number of phenols is 1. The van der Waals surface area contributed by atoms with Crippen molar-refractivity contribution in [2.24, 2.45) is 0 Å². The number of carbonyl (C=O) groups excluding carboxylic acids is 2. The summed E-state index contributed by atoms with van der Waals surface area (Å²) in [5.74, 6) is -1.75. The summed E-state index contributed by atoms with van der Waals surface area (Å²) in [6.07, 6.45) is 0. The van der Waals surface area contributed by atoms with E-state index in [0.717, 1.165) is 22.5 Å². The maximum absolute atomic E-state index is 13.3. The Bertz CT molecular complexity index is 1500. The van der Waals surface area contributed by atoms with Crippen molar-refractivity contribution in [2.75, 3.05) is 4.90 Å². The van der Waals surface area contributed by atoms with Gasteiger partial charge in [0.1, 0.15) is 17.3 Å². The highest BCUT2D eigenvalue weighted by Crippen LogP contribution is 2.44. The first kappa shape index (κ1) is 24.7. The van der Waals surface area contributed by atoms with E-state index in [1.807, 2.05) is 6.92 Å². The molecule has 1 aliphatic heterocycles. The van der Waals surface area contributed by atoms with E-state index in [1.165, 1.54) is 40.9 Å². The summed E-state index contributed by atoms with van der Waals surface area (Å²) in [6.45, 7) is 1.90. The van der Waals surface area contributed by atoms with Crippen molar-refractivity contribution in [2.45, 2.75) is 23.1 Å². The number of anilines is 1. The van der Waals surface area contributed by atoms with Gasteiger partial charge in [-0.1, -0.05) is 77.2 Å². The predicted octanol–water partition coefficient (Wildman–Crippen LogP) is 5.61. The van der Waals surface area contributed by atoms with E-state index >= 15 is 0 Å². The average Bonchev–Trinajstić information content (AvgIpc) is 3.46. The molecule has 1 aromatic heterocycles. The van der Waals surface area contributed by atoms with Gasteiger partial charge in [0.05, 0.1) is 11.6 Å². The van der Waals surface area contributed by atoms with Crippen LogP contribution in [0.25, 0.3) is 5.76 Å². The molecule has 2 heterocycles. The molecule has 0 aliphatic carbocycles. The van der Waals surface area contributed by atoms with Gasteiger partial charge in [0.25, 0.3) is 5.78 Å². The van der Waals surface area contributed by atoms with Crippen molar-refractivity contribution in [3.63, 3.8) is 0 Å². The number of rotatable bonds is 6. The zero-order valence-corrected chi connectivity index (χ0v) is 21.1. The Kier molecular flexibility index (Phi) is 6.77. The minimum Gasteiger partial charge on any atom is -0.508 e. The van der Waals surface area contributed by atoms with E-state index in [0.29, 0.717) is 21.2 Å². The quantitative estimate of drug-likeness (QED) is 0.109. The lowest BCUT2D eigenvalue weighted by Gasteiger charge is -2.22. The molecular formula is C27H20FN3O4S2. The van der Waals surface area contributed by atoms with Gasteiger partial charge in [0.15, 0.2) is 4.34 Å². The number of aliphatic hydroxyl groups excluding tert-OH is 1. The van der Waals surface area contributed by atoms with Gasteiger partial charge in [0, 0.05) is 11.3 Å². The molecule has 1 aliphatic rings. The molecule has 0 radical (unpaired) electrons. The molecule has 186 valence electrons. The van der Waals surface area contributed by atoms with Crippen LogP contribution in [0.1, 0.15) is 28.3 Å². The van der Waals surface area contributed by atoms with Gasteiger partial charge < -0.3 is 10.2 Å². The number of carbonyl (C=O) groups is 2. The summed E-state index contributed by atoms with van der Waals surface area (Å²) >= 11 is 2.51. The maximum atomic E-state index is 13.3. The monoisotopic (exact) mass is 533 g/mol. The molecule has 0 bridgehead atoms. The number of Topliss-reactive ketones (excluding diaryl/α,β-unsaturated/α-hetero) is 1. The Morgan fingerprint density at radius 2 is 1.68 bits per heavy atom. The van der Waals surface area contributed by atoms with Crippen LogP contribution in [0.15, 0.2) is 82.7 Å². The largest absolute Gasteiger partial charge is 0.508 e. The van der Waals surface area contributed by atoms with Crippen LogP contribution < -0.4 is 4.90 Å². The number of nitrogens with zero attached hydrogens (tertiary/aromatic N) is 3. The third kappa shape index (κ3) is 4.98. The summed E-state index contributed by atoms with van der Waals surface area (Å²) in [5, 5.41) is 29.5. The van der Waals surface area contributed by atoms with Crippen molar-refractivity contribution >= 4 is 45.7 Å². The molecule has 0 spiro atoms. The Morgan fingerprint density at radius 1 is 1.00 bits per heavy atom. The van der Waals surface area contributed by atoms with Gasteiger partial charge >= 0.3 is 5.91 Å². The van der Waals surface area contributed by atoms with E-state index in [9.17, 15) is 24.2 Å². The molecule has 1 saturated heterocycles. The van der Waals surface area contributed by atoms with Crippen molar-refractivity contribution in [3.8, 4) is 5.75 Å². The first-order chi connectivity index (χ1) is 17.8. The topological polar surface area (TPSA) is 104 Å². The maximum Gasteiger partial charge on any atom is 0.301 e. The normalized spacial score (nSPS) is 16.9. The highest BCUT2D eigenvalue weighted by Gasteiger charge is 2.48. The first-order valence-electron chi connectivity index (χ1n) is 11.2. The molecule has 0 saturated carbocycles. The summed E-state index contributed by atoms with van der Waals surface area (Å²) in [4.78, 5) is 27.7. The van der Waals surface area contributed by atoms with Gasteiger partial charge in [-0.15, -0.1) is 10.2 Å². The fraction of sp³-hybridized carbons (Fsp3) is 0.111. The molecule has 1 fully saturated rings. The number of hydrogen-bond donors (Lipinski definition) is 2. The number of benzene rings is 3. The number of hydrogen-bond acceptors (Lipinski definition) is 8. The number of thioether (sulfide) groups is 1. The number of aryl methyl sites for hydroxylation is 1. The molecule has 1 atom stereocenters. The highest BCUT2D eigenvalue weighted by molar-refractivity contribution is 8.00. The summed E-state index contributed by atoms with van der Waals surface area (Å²) in [5.41, 5.74) is 2.72. The van der Waals surface area contributed by atoms with E-state index in [4.69, 9.17) is 0 Å². The van der Waals surface area contributed by atoms with Gasteiger partial charge in [-0.3, -0.25) is 14.5 Å². The molecule has 37 heavy (non-hydrogen) atoms. The van der Waals surface area contributed by atoms with Gasteiger partial charge in [-0.05, 0) is 42.3 Å². The second kappa shape index (κ2) is 10.2. The Labute approximate surface area is 219 Å². The molecule has 5 rings (SSSR count). The van der Waals surface area contributed by atoms with Crippen LogP contribution in [0.3, 0.4) is 0 Å². The number of amides is 1. The van der Waals surface area contributed by atoms with Crippen LogP contribution in [0.5, 0.6) is 5.75 Å². The zero-order chi connectivity index (χ0) is 26.1. The van der Waals surface area contributed by atoms with Crippen molar-refractivity contribution in [3.05, 3.63) is 106 Å². The van der Waals surface area contributed by atoms with E-state index < -0.39 is 17.7 Å². The van der Waals surface area contributed by atoms with Gasteiger partial charge in [-0.2, -0.15) is 0 Å². The SMILES string of the molecule is Cc1ccc(/C(O)=C2/C(=O)C(=O)N(c3nnc(SCc4ccc(F)cc4)s3)C2c2ccc(O)cc2)cc1. The molecule has 1 unspecified atom stereocenters. The summed E-state index contributed by atoms with van der Waals surface area (Å²) in [7, 11) is 0. The smallest absolute Gasteiger partial charge is 0.301 e. The minimum absolute atomic E-state index is 0.0228. The number of aliphatic hydroxyl groups is 1. The number of phenolic OH excluding ortho intramolecular Hbond substituents is 1. The molecule has 10 heteroatoms. The van der Waals surface area contributed by atoms with Crippen LogP contribution in [0, 0.1) is 12.7 Å². The van der Waals surface area contributed by atoms with E-state index in [-0.39, 0.29) is 28.0 Å². The predicted molar refractivity (Wildman–Crippen MR) is 140 cm³/mol. The van der Waals surface area contributed by atoms with Crippen LogP contribution in [-0.2, 0) is 15.3 Å². The average molecular weight is 534 g/mol. The Morgan fingerprint density at radius 3 is 2.35 bits per heavy atom. The summed E-state index contributed by atoms with van der Waals surface area (Å²) in [6, 6.07) is 18.2.